The molecule has 0 aliphatic carbocycles. The minimum absolute atomic E-state index is 0.0462. The molecule has 0 saturated heterocycles. The third-order valence-corrected chi connectivity index (χ3v) is 4.92. The highest BCUT2D eigenvalue weighted by Gasteiger charge is 2.19. The molecule has 2 amide bonds. The topological polar surface area (TPSA) is 94.3 Å². The second-order valence-corrected chi connectivity index (χ2v) is 7.10. The first-order valence-corrected chi connectivity index (χ1v) is 9.02. The highest BCUT2D eigenvalue weighted by atomic mass is 35.5. The van der Waals surface area contributed by atoms with Crippen LogP contribution >= 0.6 is 22.9 Å². The normalized spacial score (nSPS) is 11.9. The Labute approximate surface area is 158 Å². The van der Waals surface area contributed by atoms with E-state index in [0.717, 1.165) is 10.2 Å². The van der Waals surface area contributed by atoms with E-state index in [4.69, 9.17) is 22.1 Å². The van der Waals surface area contributed by atoms with E-state index in [1.54, 1.807) is 24.3 Å². The molecule has 0 aliphatic rings. The average Bonchev–Trinajstić information content (AvgIpc) is 3.03. The summed E-state index contributed by atoms with van der Waals surface area (Å²) in [5.74, 6) is -0.460. The summed E-state index contributed by atoms with van der Waals surface area (Å²) in [6.45, 7) is 0.0854. The number of nitrogens with two attached hydrogens (primary N) is 1. The fourth-order valence-electron chi connectivity index (χ4n) is 2.47. The largest absolute Gasteiger partial charge is 0.458 e. The van der Waals surface area contributed by atoms with Crippen molar-refractivity contribution in [2.45, 2.75) is 19.1 Å². The molecule has 1 heterocycles. The lowest BCUT2D eigenvalue weighted by atomic mass is 10.0. The summed E-state index contributed by atoms with van der Waals surface area (Å²) in [6, 6.07) is 13.2. The summed E-state index contributed by atoms with van der Waals surface area (Å²) in [4.78, 5) is 27.9. The molecular formula is C18H16ClN3O3S. The lowest BCUT2D eigenvalue weighted by Gasteiger charge is -2.17. The number of carbonyl (C=O) groups is 2. The Bertz CT molecular complexity index is 894. The van der Waals surface area contributed by atoms with Crippen molar-refractivity contribution in [1.82, 2.24) is 10.3 Å². The third-order valence-electron chi connectivity index (χ3n) is 3.65. The van der Waals surface area contributed by atoms with Crippen LogP contribution in [0.15, 0.2) is 48.5 Å². The Hall–Kier alpha value is -2.64. The Balaban J connectivity index is 1.63. The number of fused-ring (bicyclic) bond motifs is 1. The predicted molar refractivity (Wildman–Crippen MR) is 101 cm³/mol. The molecule has 26 heavy (non-hydrogen) atoms. The van der Waals surface area contributed by atoms with Crippen LogP contribution in [0.1, 0.15) is 23.0 Å². The molecule has 0 unspecified atom stereocenters. The Kier molecular flexibility index (Phi) is 5.70. The number of nitrogens with zero attached hydrogens (tertiary/aromatic N) is 1. The standard InChI is InChI=1S/C18H16ClN3O3S/c19-12-7-5-11(6-8-12)14(22-18(20)24)9-17(23)25-10-16-21-13-3-1-2-4-15(13)26-16/h1-8,14H,9-10H2,(H3,20,22,24)/t14-/m0/s1. The van der Waals surface area contributed by atoms with Crippen molar-refractivity contribution < 1.29 is 14.3 Å². The highest BCUT2D eigenvalue weighted by molar-refractivity contribution is 7.18. The van der Waals surface area contributed by atoms with Crippen LogP contribution in [0.25, 0.3) is 10.2 Å². The number of hydrogen-bond acceptors (Lipinski definition) is 5. The van der Waals surface area contributed by atoms with Gasteiger partial charge in [-0.25, -0.2) is 9.78 Å². The molecule has 3 rings (SSSR count). The van der Waals surface area contributed by atoms with Gasteiger partial charge in [-0.05, 0) is 29.8 Å². The fraction of sp³-hybridized carbons (Fsp3) is 0.167. The van der Waals surface area contributed by atoms with E-state index in [0.29, 0.717) is 15.6 Å². The molecule has 3 aromatic rings. The number of primary amides is 1. The van der Waals surface area contributed by atoms with Crippen LogP contribution < -0.4 is 11.1 Å². The monoisotopic (exact) mass is 389 g/mol. The number of benzene rings is 2. The van der Waals surface area contributed by atoms with E-state index in [1.807, 2.05) is 24.3 Å². The summed E-state index contributed by atoms with van der Waals surface area (Å²) in [6.07, 6.45) is -0.0462. The third kappa shape index (κ3) is 4.71. The van der Waals surface area contributed by atoms with E-state index >= 15 is 0 Å². The van der Waals surface area contributed by atoms with Crippen molar-refractivity contribution in [3.05, 3.63) is 64.1 Å². The number of thiazole rings is 1. The minimum atomic E-state index is -0.719. The molecule has 0 aliphatic heterocycles. The number of halogens is 1. The van der Waals surface area contributed by atoms with Crippen LogP contribution in [0.2, 0.25) is 5.02 Å². The molecule has 0 bridgehead atoms. The van der Waals surface area contributed by atoms with E-state index < -0.39 is 18.0 Å². The number of hydrogen-bond donors (Lipinski definition) is 2. The van der Waals surface area contributed by atoms with Gasteiger partial charge in [-0.15, -0.1) is 11.3 Å². The zero-order valence-corrected chi connectivity index (χ0v) is 15.2. The number of amides is 2. The van der Waals surface area contributed by atoms with Gasteiger partial charge in [-0.2, -0.15) is 0 Å². The van der Waals surface area contributed by atoms with Gasteiger partial charge in [0.2, 0.25) is 0 Å². The molecule has 6 nitrogen and oxygen atoms in total. The summed E-state index contributed by atoms with van der Waals surface area (Å²) in [5, 5.41) is 3.82. The predicted octanol–water partition coefficient (Wildman–Crippen LogP) is 3.79. The van der Waals surface area contributed by atoms with Gasteiger partial charge in [-0.3, -0.25) is 4.79 Å². The lowest BCUT2D eigenvalue weighted by Crippen LogP contribution is -2.34. The van der Waals surface area contributed by atoms with Crippen LogP contribution in [0.5, 0.6) is 0 Å². The quantitative estimate of drug-likeness (QED) is 0.627. The van der Waals surface area contributed by atoms with Gasteiger partial charge >= 0.3 is 12.0 Å². The van der Waals surface area contributed by atoms with Gasteiger partial charge in [0.15, 0.2) is 0 Å². The molecule has 0 fully saturated rings. The lowest BCUT2D eigenvalue weighted by molar-refractivity contribution is -0.145. The van der Waals surface area contributed by atoms with Gasteiger partial charge in [0.1, 0.15) is 11.6 Å². The number of rotatable bonds is 6. The molecule has 0 radical (unpaired) electrons. The molecule has 2 aromatic carbocycles. The molecule has 0 spiro atoms. The summed E-state index contributed by atoms with van der Waals surface area (Å²) in [7, 11) is 0. The smallest absolute Gasteiger partial charge is 0.312 e. The maximum Gasteiger partial charge on any atom is 0.312 e. The number of ether oxygens (including phenoxy) is 1. The molecule has 0 saturated carbocycles. The van der Waals surface area contributed by atoms with Gasteiger partial charge in [0.25, 0.3) is 0 Å². The number of urea groups is 1. The number of para-hydroxylation sites is 1. The first-order chi connectivity index (χ1) is 12.5. The zero-order valence-electron chi connectivity index (χ0n) is 13.6. The zero-order chi connectivity index (χ0) is 18.5. The molecule has 1 atom stereocenters. The minimum Gasteiger partial charge on any atom is -0.458 e. The average molecular weight is 390 g/mol. The van der Waals surface area contributed by atoms with Crippen LogP contribution in [-0.2, 0) is 16.1 Å². The van der Waals surface area contributed by atoms with E-state index in [1.165, 1.54) is 11.3 Å². The van der Waals surface area contributed by atoms with Crippen molar-refractivity contribution in [3.63, 3.8) is 0 Å². The number of aromatic nitrogens is 1. The van der Waals surface area contributed by atoms with Crippen molar-refractivity contribution in [3.8, 4) is 0 Å². The fourth-order valence-corrected chi connectivity index (χ4v) is 3.48. The first kappa shape index (κ1) is 18.2. The number of esters is 1. The van der Waals surface area contributed by atoms with Crippen LogP contribution in [-0.4, -0.2) is 17.0 Å². The van der Waals surface area contributed by atoms with Crippen LogP contribution in [0, 0.1) is 0 Å². The molecule has 1 aromatic heterocycles. The van der Waals surface area contributed by atoms with Gasteiger partial charge in [0, 0.05) is 5.02 Å². The second kappa shape index (κ2) is 8.16. The van der Waals surface area contributed by atoms with Gasteiger partial charge in [-0.1, -0.05) is 35.9 Å². The van der Waals surface area contributed by atoms with Gasteiger partial charge < -0.3 is 15.8 Å². The van der Waals surface area contributed by atoms with Gasteiger partial charge in [0.05, 0.1) is 22.7 Å². The SMILES string of the molecule is NC(=O)N[C@@H](CC(=O)OCc1nc2ccccc2s1)c1ccc(Cl)cc1. The summed E-state index contributed by atoms with van der Waals surface area (Å²) in [5.41, 5.74) is 6.79. The van der Waals surface area contributed by atoms with Crippen molar-refractivity contribution in [1.29, 1.82) is 0 Å². The Morgan fingerprint density at radius 1 is 1.19 bits per heavy atom. The van der Waals surface area contributed by atoms with Crippen LogP contribution in [0.4, 0.5) is 4.79 Å². The first-order valence-electron chi connectivity index (χ1n) is 7.83. The maximum atomic E-state index is 12.2. The Morgan fingerprint density at radius 2 is 1.92 bits per heavy atom. The number of nitrogens with one attached hydrogen (secondary N) is 1. The molecule has 134 valence electrons. The van der Waals surface area contributed by atoms with Crippen LogP contribution in [0.3, 0.4) is 0 Å². The van der Waals surface area contributed by atoms with E-state index in [9.17, 15) is 9.59 Å². The summed E-state index contributed by atoms with van der Waals surface area (Å²) < 4.78 is 6.34. The maximum absolute atomic E-state index is 12.2. The van der Waals surface area contributed by atoms with Crippen molar-refractivity contribution >= 4 is 45.2 Å². The molecule has 8 heteroatoms. The van der Waals surface area contributed by atoms with E-state index in [2.05, 4.69) is 10.3 Å². The number of carbonyl (C=O) groups excluding carboxylic acids is 2. The van der Waals surface area contributed by atoms with E-state index in [-0.39, 0.29) is 13.0 Å². The summed E-state index contributed by atoms with van der Waals surface area (Å²) >= 11 is 7.34. The van der Waals surface area contributed by atoms with Crippen molar-refractivity contribution in [2.24, 2.45) is 5.73 Å². The van der Waals surface area contributed by atoms with Crippen molar-refractivity contribution in [2.75, 3.05) is 0 Å². The molecule has 3 N–H and O–H groups in total. The second-order valence-electron chi connectivity index (χ2n) is 5.55. The highest BCUT2D eigenvalue weighted by Crippen LogP contribution is 2.23. The molecular weight excluding hydrogens is 374 g/mol. The Morgan fingerprint density at radius 3 is 2.62 bits per heavy atom.